The molecule has 1 aromatic rings. The van der Waals surface area contributed by atoms with Gasteiger partial charge in [-0.3, -0.25) is 9.59 Å². The van der Waals surface area contributed by atoms with E-state index in [2.05, 4.69) is 17.7 Å². The van der Waals surface area contributed by atoms with Crippen LogP contribution in [0.15, 0.2) is 24.3 Å². The van der Waals surface area contributed by atoms with E-state index in [1.54, 1.807) is 24.3 Å². The Morgan fingerprint density at radius 2 is 1.89 bits per heavy atom. The molecule has 2 aliphatic rings. The minimum atomic E-state index is -0.959. The van der Waals surface area contributed by atoms with Crippen LogP contribution >= 0.6 is 0 Å². The average molecular weight is 375 g/mol. The minimum absolute atomic E-state index is 0.224. The maximum absolute atomic E-state index is 12.6. The SMILES string of the molecule is CCCCC[C@@H](NN1C(=O)c2ccccc2C1=O)[C@@H](O)[C@H]1CCOC(=O)N1. The number of amides is 3. The van der Waals surface area contributed by atoms with Gasteiger partial charge in [0.15, 0.2) is 0 Å². The van der Waals surface area contributed by atoms with Crippen LogP contribution in [0.4, 0.5) is 4.79 Å². The molecular weight excluding hydrogens is 350 g/mol. The quantitative estimate of drug-likeness (QED) is 0.470. The van der Waals surface area contributed by atoms with Gasteiger partial charge in [-0.15, -0.1) is 0 Å². The maximum atomic E-state index is 12.6. The van der Waals surface area contributed by atoms with Gasteiger partial charge < -0.3 is 15.2 Å². The van der Waals surface area contributed by atoms with Crippen molar-refractivity contribution in [3.05, 3.63) is 35.4 Å². The third-order valence-electron chi connectivity index (χ3n) is 5.00. The smallest absolute Gasteiger partial charge is 0.407 e. The van der Waals surface area contributed by atoms with Gasteiger partial charge in [-0.25, -0.2) is 15.2 Å². The van der Waals surface area contributed by atoms with Crippen LogP contribution < -0.4 is 10.7 Å². The fourth-order valence-corrected chi connectivity index (χ4v) is 3.48. The zero-order valence-corrected chi connectivity index (χ0v) is 15.3. The molecule has 27 heavy (non-hydrogen) atoms. The molecule has 3 amide bonds. The Labute approximate surface area is 157 Å². The lowest BCUT2D eigenvalue weighted by molar-refractivity contribution is 0.0172. The number of alkyl carbamates (subject to hydrolysis) is 1. The maximum Gasteiger partial charge on any atom is 0.407 e. The van der Waals surface area contributed by atoms with Crippen LogP contribution in [0, 0.1) is 0 Å². The molecular formula is C19H25N3O5. The predicted octanol–water partition coefficient (Wildman–Crippen LogP) is 1.60. The summed E-state index contributed by atoms with van der Waals surface area (Å²) in [6.45, 7) is 2.30. The molecule has 8 heteroatoms. The highest BCUT2D eigenvalue weighted by atomic mass is 16.6. The van der Waals surface area contributed by atoms with E-state index in [4.69, 9.17) is 4.74 Å². The molecule has 3 atom stereocenters. The van der Waals surface area contributed by atoms with Crippen LogP contribution in [-0.4, -0.2) is 52.8 Å². The number of unbranched alkanes of at least 4 members (excludes halogenated alkanes) is 2. The summed E-state index contributed by atoms with van der Waals surface area (Å²) < 4.78 is 4.85. The zero-order valence-electron chi connectivity index (χ0n) is 15.3. The van der Waals surface area contributed by atoms with Crippen molar-refractivity contribution in [1.82, 2.24) is 15.8 Å². The number of imide groups is 1. The van der Waals surface area contributed by atoms with Crippen LogP contribution in [-0.2, 0) is 4.74 Å². The number of benzene rings is 1. The number of hydrogen-bond donors (Lipinski definition) is 3. The lowest BCUT2D eigenvalue weighted by Gasteiger charge is -2.34. The first kappa shape index (κ1) is 19.3. The number of fused-ring (bicyclic) bond motifs is 1. The molecule has 1 saturated heterocycles. The summed E-state index contributed by atoms with van der Waals surface area (Å²) >= 11 is 0. The van der Waals surface area contributed by atoms with Crippen LogP contribution in [0.5, 0.6) is 0 Å². The third kappa shape index (κ3) is 4.12. The van der Waals surface area contributed by atoms with Gasteiger partial charge in [0.1, 0.15) is 0 Å². The molecule has 0 aliphatic carbocycles. The summed E-state index contributed by atoms with van der Waals surface area (Å²) in [5, 5.41) is 14.4. The first-order chi connectivity index (χ1) is 13.0. The molecule has 3 rings (SSSR count). The van der Waals surface area contributed by atoms with E-state index in [9.17, 15) is 19.5 Å². The summed E-state index contributed by atoms with van der Waals surface area (Å²) in [5.74, 6) is -0.862. The normalized spacial score (nSPS) is 21.5. The van der Waals surface area contributed by atoms with Gasteiger partial charge in [0, 0.05) is 6.42 Å². The summed E-state index contributed by atoms with van der Waals surface area (Å²) in [7, 11) is 0. The predicted molar refractivity (Wildman–Crippen MR) is 96.9 cm³/mol. The Morgan fingerprint density at radius 1 is 1.22 bits per heavy atom. The lowest BCUT2D eigenvalue weighted by atomic mass is 9.96. The van der Waals surface area contributed by atoms with Crippen LogP contribution in [0.25, 0.3) is 0 Å². The number of cyclic esters (lactones) is 1. The molecule has 8 nitrogen and oxygen atoms in total. The summed E-state index contributed by atoms with van der Waals surface area (Å²) in [6, 6.07) is 5.58. The molecule has 2 heterocycles. The minimum Gasteiger partial charge on any atom is -0.449 e. The largest absolute Gasteiger partial charge is 0.449 e. The molecule has 1 aromatic carbocycles. The van der Waals surface area contributed by atoms with Gasteiger partial charge in [-0.1, -0.05) is 38.3 Å². The average Bonchev–Trinajstić information content (AvgIpc) is 2.92. The van der Waals surface area contributed by atoms with Gasteiger partial charge in [0.2, 0.25) is 0 Å². The standard InChI is InChI=1S/C19H25N3O5/c1-2-3-4-9-15(16(23)14-10-11-27-19(26)20-14)21-22-17(24)12-7-5-6-8-13(12)18(22)25/h5-8,14-16,21,23H,2-4,9-11H2,1H3,(H,20,26)/t14-,15-,16+/m1/s1. The van der Waals surface area contributed by atoms with Crippen molar-refractivity contribution in [3.8, 4) is 0 Å². The number of aliphatic hydroxyl groups excluding tert-OH is 1. The third-order valence-corrected chi connectivity index (χ3v) is 5.00. The number of ether oxygens (including phenoxy) is 1. The second kappa shape index (κ2) is 8.49. The molecule has 0 spiro atoms. The van der Waals surface area contributed by atoms with Gasteiger partial charge >= 0.3 is 6.09 Å². The number of nitrogens with zero attached hydrogens (tertiary/aromatic N) is 1. The Balaban J connectivity index is 1.74. The Hall–Kier alpha value is -2.45. The number of carbonyl (C=O) groups excluding carboxylic acids is 3. The van der Waals surface area contributed by atoms with Gasteiger partial charge in [-0.05, 0) is 18.6 Å². The summed E-state index contributed by atoms with van der Waals surface area (Å²) in [4.78, 5) is 36.7. The van der Waals surface area contributed by atoms with Gasteiger partial charge in [-0.2, -0.15) is 0 Å². The number of carbonyl (C=O) groups is 3. The van der Waals surface area contributed by atoms with Crippen molar-refractivity contribution in [3.63, 3.8) is 0 Å². The highest BCUT2D eigenvalue weighted by molar-refractivity contribution is 6.20. The topological polar surface area (TPSA) is 108 Å². The number of hydrazine groups is 1. The van der Waals surface area contributed by atoms with Gasteiger partial charge in [0.25, 0.3) is 11.8 Å². The fourth-order valence-electron chi connectivity index (χ4n) is 3.48. The molecule has 2 aliphatic heterocycles. The van der Waals surface area contributed by atoms with E-state index in [-0.39, 0.29) is 6.61 Å². The summed E-state index contributed by atoms with van der Waals surface area (Å²) in [5.41, 5.74) is 3.61. The molecule has 0 aromatic heterocycles. The van der Waals surface area contributed by atoms with E-state index in [0.717, 1.165) is 24.3 Å². The number of hydrogen-bond acceptors (Lipinski definition) is 6. The number of aliphatic hydroxyl groups is 1. The Kier molecular flexibility index (Phi) is 6.08. The van der Waals surface area contributed by atoms with E-state index in [1.165, 1.54) is 0 Å². The van der Waals surface area contributed by atoms with Gasteiger partial charge in [0.05, 0.1) is 35.9 Å². The van der Waals surface area contributed by atoms with E-state index >= 15 is 0 Å². The second-order valence-corrected chi connectivity index (χ2v) is 6.89. The van der Waals surface area contributed by atoms with Crippen LogP contribution in [0.2, 0.25) is 0 Å². The molecule has 146 valence electrons. The fraction of sp³-hybridized carbons (Fsp3) is 0.526. The molecule has 0 saturated carbocycles. The Bertz CT molecular complexity index is 688. The molecule has 0 bridgehead atoms. The first-order valence-electron chi connectivity index (χ1n) is 9.38. The van der Waals surface area contributed by atoms with E-state index in [1.807, 2.05) is 0 Å². The number of nitrogens with one attached hydrogen (secondary N) is 2. The van der Waals surface area contributed by atoms with E-state index < -0.39 is 36.1 Å². The Morgan fingerprint density at radius 3 is 2.48 bits per heavy atom. The monoisotopic (exact) mass is 375 g/mol. The molecule has 0 unspecified atom stereocenters. The molecule has 1 fully saturated rings. The lowest BCUT2D eigenvalue weighted by Crippen LogP contribution is -2.59. The van der Waals surface area contributed by atoms with Crippen molar-refractivity contribution < 1.29 is 24.2 Å². The van der Waals surface area contributed by atoms with Crippen LogP contribution in [0.3, 0.4) is 0 Å². The first-order valence-corrected chi connectivity index (χ1v) is 9.38. The van der Waals surface area contributed by atoms with Crippen molar-refractivity contribution in [2.24, 2.45) is 0 Å². The molecule has 3 N–H and O–H groups in total. The van der Waals surface area contributed by atoms with E-state index in [0.29, 0.717) is 24.0 Å². The number of rotatable bonds is 8. The summed E-state index contributed by atoms with van der Waals surface area (Å²) in [6.07, 6.45) is 2.29. The second-order valence-electron chi connectivity index (χ2n) is 6.89. The highest BCUT2D eigenvalue weighted by Crippen LogP contribution is 2.23. The highest BCUT2D eigenvalue weighted by Gasteiger charge is 2.39. The van der Waals surface area contributed by atoms with Crippen LogP contribution in [0.1, 0.15) is 59.7 Å². The van der Waals surface area contributed by atoms with Crippen molar-refractivity contribution >= 4 is 17.9 Å². The van der Waals surface area contributed by atoms with Crippen molar-refractivity contribution in [2.45, 2.75) is 57.2 Å². The zero-order chi connectivity index (χ0) is 19.4. The molecule has 0 radical (unpaired) electrons. The van der Waals surface area contributed by atoms with Crippen molar-refractivity contribution in [2.75, 3.05) is 6.61 Å². The van der Waals surface area contributed by atoms with Crippen molar-refractivity contribution in [1.29, 1.82) is 0 Å².